The Morgan fingerprint density at radius 2 is 1.88 bits per heavy atom. The van der Waals surface area contributed by atoms with E-state index in [0.29, 0.717) is 24.3 Å². The minimum absolute atomic E-state index is 0.0995. The number of aliphatic carboxylic acids is 1. The van der Waals surface area contributed by atoms with Crippen LogP contribution in [0, 0.1) is 11.8 Å². The Morgan fingerprint density at radius 3 is 2.42 bits per heavy atom. The van der Waals surface area contributed by atoms with Gasteiger partial charge in [-0.3, -0.25) is 14.4 Å². The average Bonchev–Trinajstić information content (AvgIpc) is 2.56. The number of rotatable bonds is 8. The lowest BCUT2D eigenvalue weighted by molar-refractivity contribution is -0.152. The Morgan fingerprint density at radius 1 is 1.19 bits per heavy atom. The van der Waals surface area contributed by atoms with Gasteiger partial charge in [0.1, 0.15) is 0 Å². The average molecular weight is 364 g/mol. The van der Waals surface area contributed by atoms with Gasteiger partial charge >= 0.3 is 5.97 Å². The molecule has 2 unspecified atom stereocenters. The molecule has 0 spiro atoms. The normalized spacial score (nSPS) is 18.4. The Kier molecular flexibility index (Phi) is 6.43. The number of methoxy groups -OCH3 is 1. The fourth-order valence-electron chi connectivity index (χ4n) is 2.64. The maximum absolute atomic E-state index is 12.1. The van der Waals surface area contributed by atoms with Crippen molar-refractivity contribution in [1.82, 2.24) is 10.2 Å². The van der Waals surface area contributed by atoms with E-state index in [9.17, 15) is 14.4 Å². The summed E-state index contributed by atoms with van der Waals surface area (Å²) in [4.78, 5) is 36.1. The number of amides is 2. The van der Waals surface area contributed by atoms with E-state index in [-0.39, 0.29) is 25.0 Å². The third kappa shape index (κ3) is 4.65. The minimum atomic E-state index is -0.924. The van der Waals surface area contributed by atoms with E-state index in [1.807, 2.05) is 0 Å². The maximum Gasteiger partial charge on any atom is 0.307 e. The van der Waals surface area contributed by atoms with Crippen LogP contribution in [0.3, 0.4) is 0 Å². The Balaban J connectivity index is 1.93. The van der Waals surface area contributed by atoms with Crippen LogP contribution in [-0.4, -0.2) is 55.6 Å². The summed E-state index contributed by atoms with van der Waals surface area (Å²) in [7, 11) is 4.78. The number of nitrogens with one attached hydrogen (secondary N) is 1. The van der Waals surface area contributed by atoms with E-state index < -0.39 is 17.8 Å². The van der Waals surface area contributed by atoms with E-state index in [2.05, 4.69) is 5.32 Å². The highest BCUT2D eigenvalue weighted by Gasteiger charge is 2.41. The van der Waals surface area contributed by atoms with Crippen molar-refractivity contribution in [3.8, 4) is 11.5 Å². The fraction of sp³-hybridized carbons (Fsp3) is 0.500. The minimum Gasteiger partial charge on any atom is -0.493 e. The molecule has 1 fully saturated rings. The van der Waals surface area contributed by atoms with Crippen molar-refractivity contribution >= 4 is 17.8 Å². The van der Waals surface area contributed by atoms with Gasteiger partial charge in [0.25, 0.3) is 5.91 Å². The monoisotopic (exact) mass is 364 g/mol. The molecule has 142 valence electrons. The van der Waals surface area contributed by atoms with E-state index in [4.69, 9.17) is 14.6 Å². The predicted molar refractivity (Wildman–Crippen MR) is 92.9 cm³/mol. The van der Waals surface area contributed by atoms with Gasteiger partial charge < -0.3 is 24.8 Å². The van der Waals surface area contributed by atoms with Gasteiger partial charge in [-0.2, -0.15) is 0 Å². The number of likely N-dealkylation sites (N-methyl/N-ethyl adjacent to an activating group) is 1. The number of benzene rings is 1. The number of hydrogen-bond acceptors (Lipinski definition) is 5. The molecule has 1 aromatic rings. The molecule has 2 atom stereocenters. The van der Waals surface area contributed by atoms with Crippen molar-refractivity contribution in [1.29, 1.82) is 0 Å². The molecule has 2 N–H and O–H groups in total. The largest absolute Gasteiger partial charge is 0.493 e. The molecular weight excluding hydrogens is 340 g/mol. The molecule has 2 rings (SSSR count). The molecule has 0 radical (unpaired) electrons. The van der Waals surface area contributed by atoms with Crippen LogP contribution in [0.5, 0.6) is 11.5 Å². The zero-order valence-electron chi connectivity index (χ0n) is 15.2. The van der Waals surface area contributed by atoms with Gasteiger partial charge in [0, 0.05) is 20.6 Å². The zero-order valence-corrected chi connectivity index (χ0v) is 15.2. The van der Waals surface area contributed by atoms with Gasteiger partial charge in [0.2, 0.25) is 5.91 Å². The summed E-state index contributed by atoms with van der Waals surface area (Å²) < 4.78 is 10.7. The first-order chi connectivity index (χ1) is 12.3. The highest BCUT2D eigenvalue weighted by Crippen LogP contribution is 2.34. The summed E-state index contributed by atoms with van der Waals surface area (Å²) in [5.41, 5.74) is 0.785. The second-order valence-corrected chi connectivity index (χ2v) is 6.41. The van der Waals surface area contributed by atoms with Crippen LogP contribution in [0.15, 0.2) is 18.2 Å². The predicted octanol–water partition coefficient (Wildman–Crippen LogP) is 0.889. The van der Waals surface area contributed by atoms with Crippen molar-refractivity contribution in [2.75, 3.05) is 27.8 Å². The lowest BCUT2D eigenvalue weighted by atomic mass is 9.73. The Hall–Kier alpha value is -2.77. The third-order valence-corrected chi connectivity index (χ3v) is 4.47. The Labute approximate surface area is 152 Å². The molecule has 1 aromatic carbocycles. The maximum atomic E-state index is 12.1. The summed E-state index contributed by atoms with van der Waals surface area (Å²) in [5.74, 6) is -1.51. The first-order valence-corrected chi connectivity index (χ1v) is 8.34. The molecule has 1 aliphatic carbocycles. The number of ether oxygens (including phenoxy) is 2. The van der Waals surface area contributed by atoms with Crippen LogP contribution in [-0.2, 0) is 20.9 Å². The molecule has 0 saturated heterocycles. The number of carbonyl (C=O) groups is 3. The van der Waals surface area contributed by atoms with Crippen molar-refractivity contribution in [2.45, 2.75) is 19.4 Å². The van der Waals surface area contributed by atoms with Gasteiger partial charge in [-0.05, 0) is 30.5 Å². The second kappa shape index (κ2) is 8.55. The number of carboxylic acids is 1. The number of hydrogen-bond donors (Lipinski definition) is 2. The van der Waals surface area contributed by atoms with Crippen molar-refractivity contribution in [2.24, 2.45) is 11.8 Å². The van der Waals surface area contributed by atoms with Gasteiger partial charge in [-0.1, -0.05) is 6.07 Å². The quantitative estimate of drug-likeness (QED) is 0.710. The molecule has 0 aliphatic heterocycles. The lowest BCUT2D eigenvalue weighted by Crippen LogP contribution is -2.43. The summed E-state index contributed by atoms with van der Waals surface area (Å²) >= 11 is 0. The van der Waals surface area contributed by atoms with Gasteiger partial charge in [-0.25, -0.2) is 0 Å². The second-order valence-electron chi connectivity index (χ2n) is 6.41. The van der Waals surface area contributed by atoms with E-state index >= 15 is 0 Å². The van der Waals surface area contributed by atoms with E-state index in [0.717, 1.165) is 5.56 Å². The molecule has 0 bridgehead atoms. The van der Waals surface area contributed by atoms with Crippen molar-refractivity contribution in [3.05, 3.63) is 23.8 Å². The van der Waals surface area contributed by atoms with E-state index in [1.54, 1.807) is 32.3 Å². The van der Waals surface area contributed by atoms with Crippen LogP contribution >= 0.6 is 0 Å². The Bertz CT molecular complexity index is 688. The van der Waals surface area contributed by atoms with Crippen LogP contribution in [0.25, 0.3) is 0 Å². The molecular formula is C18H24N2O6. The SMILES string of the molecule is COc1cc(CNC(=O)C2CCC2C(=O)O)ccc1OCC(=O)N(C)C. The molecule has 2 amide bonds. The molecule has 1 aliphatic rings. The molecule has 8 heteroatoms. The standard InChI is InChI=1S/C18H24N2O6/c1-20(2)16(21)10-26-14-7-4-11(8-15(14)25-3)9-19-17(22)12-5-6-13(12)18(23)24/h4,7-8,12-13H,5-6,9-10H2,1-3H3,(H,19,22)(H,23,24). The van der Waals surface area contributed by atoms with Crippen molar-refractivity contribution in [3.63, 3.8) is 0 Å². The van der Waals surface area contributed by atoms with E-state index in [1.165, 1.54) is 12.0 Å². The summed E-state index contributed by atoms with van der Waals surface area (Å²) in [6.07, 6.45) is 1.14. The summed E-state index contributed by atoms with van der Waals surface area (Å²) in [5, 5.41) is 11.8. The molecule has 0 heterocycles. The first-order valence-electron chi connectivity index (χ1n) is 8.34. The topological polar surface area (TPSA) is 105 Å². The van der Waals surface area contributed by atoms with Gasteiger partial charge in [-0.15, -0.1) is 0 Å². The summed E-state index contributed by atoms with van der Waals surface area (Å²) in [6.45, 7) is 0.159. The molecule has 1 saturated carbocycles. The lowest BCUT2D eigenvalue weighted by Gasteiger charge is -2.31. The third-order valence-electron chi connectivity index (χ3n) is 4.47. The molecule has 8 nitrogen and oxygen atoms in total. The van der Waals surface area contributed by atoms with Crippen LogP contribution in [0.2, 0.25) is 0 Å². The van der Waals surface area contributed by atoms with Gasteiger partial charge in [0.15, 0.2) is 18.1 Å². The number of carbonyl (C=O) groups excluding carboxylic acids is 2. The number of nitrogens with zero attached hydrogens (tertiary/aromatic N) is 1. The molecule has 26 heavy (non-hydrogen) atoms. The van der Waals surface area contributed by atoms with Gasteiger partial charge in [0.05, 0.1) is 18.9 Å². The number of carboxylic acid groups (broad SMARTS) is 1. The zero-order chi connectivity index (χ0) is 19.3. The highest BCUT2D eigenvalue weighted by molar-refractivity contribution is 5.86. The van der Waals surface area contributed by atoms with Crippen molar-refractivity contribution < 1.29 is 29.0 Å². The smallest absolute Gasteiger partial charge is 0.307 e. The first kappa shape index (κ1) is 19.6. The van der Waals surface area contributed by atoms with Crippen LogP contribution in [0.1, 0.15) is 18.4 Å². The fourth-order valence-corrected chi connectivity index (χ4v) is 2.64. The van der Waals surface area contributed by atoms with Crippen LogP contribution in [0.4, 0.5) is 0 Å². The molecule has 0 aromatic heterocycles. The summed E-state index contributed by atoms with van der Waals surface area (Å²) in [6, 6.07) is 5.14. The van der Waals surface area contributed by atoms with Crippen LogP contribution < -0.4 is 14.8 Å². The highest BCUT2D eigenvalue weighted by atomic mass is 16.5.